The Hall–Kier alpha value is -5.02. The molecule has 1 aromatic heterocycles. The van der Waals surface area contributed by atoms with Crippen LogP contribution in [0.1, 0.15) is 29.2 Å². The Morgan fingerprint density at radius 2 is 1.86 bits per heavy atom. The Bertz CT molecular complexity index is 1740. The number of ether oxygens (including phenoxy) is 2. The predicted octanol–water partition coefficient (Wildman–Crippen LogP) is 1.97. The highest BCUT2D eigenvalue weighted by atomic mass is 16.5. The van der Waals surface area contributed by atoms with Gasteiger partial charge < -0.3 is 25.9 Å². The number of carbonyl (C=O) groups excluding carboxylic acids is 1. The number of aryl methyl sites for hydroxylation is 4. The molecule has 226 valence electrons. The van der Waals surface area contributed by atoms with Crippen LogP contribution in [0.3, 0.4) is 0 Å². The van der Waals surface area contributed by atoms with Crippen LogP contribution >= 0.6 is 0 Å². The molecule has 3 aromatic rings. The fourth-order valence-corrected chi connectivity index (χ4v) is 5.33. The number of nitrogens with zero attached hydrogens (tertiary/aromatic N) is 4. The number of amides is 1. The minimum atomic E-state index is -0.582. The van der Waals surface area contributed by atoms with Gasteiger partial charge in [-0.15, -0.1) is 0 Å². The number of methoxy groups -OCH3 is 1. The number of carbonyl (C=O) groups is 1. The van der Waals surface area contributed by atoms with E-state index in [0.717, 1.165) is 39.2 Å². The first-order chi connectivity index (χ1) is 20.6. The minimum absolute atomic E-state index is 0.0855. The number of benzene rings is 2. The number of nitrogens with one attached hydrogen (secondary N) is 3. The van der Waals surface area contributed by atoms with Crippen LogP contribution in [0.5, 0.6) is 11.5 Å². The number of nitrogens with two attached hydrogens (primary N) is 1. The van der Waals surface area contributed by atoms with Crippen molar-refractivity contribution in [1.29, 1.82) is 5.26 Å². The van der Waals surface area contributed by atoms with E-state index >= 15 is 0 Å². The summed E-state index contributed by atoms with van der Waals surface area (Å²) in [7, 11) is 3.14. The Labute approximate surface area is 250 Å². The monoisotopic (exact) mass is 586 g/mol. The van der Waals surface area contributed by atoms with Gasteiger partial charge in [-0.2, -0.15) is 5.26 Å². The summed E-state index contributed by atoms with van der Waals surface area (Å²) in [5.74, 6) is 0.664. The average Bonchev–Trinajstić information content (AvgIpc) is 2.98. The molecule has 4 rings (SSSR count). The maximum Gasteiger partial charge on any atom is 0.330 e. The van der Waals surface area contributed by atoms with Crippen molar-refractivity contribution in [3.63, 3.8) is 0 Å². The molecule has 1 amide bonds. The van der Waals surface area contributed by atoms with Gasteiger partial charge in [0.25, 0.3) is 5.91 Å². The molecule has 0 fully saturated rings. The van der Waals surface area contributed by atoms with E-state index in [0.29, 0.717) is 36.6 Å². The van der Waals surface area contributed by atoms with Crippen LogP contribution in [0.15, 0.2) is 51.5 Å². The summed E-state index contributed by atoms with van der Waals surface area (Å²) in [6.07, 6.45) is 0.632. The Balaban J connectivity index is 1.85. The lowest BCUT2D eigenvalue weighted by molar-refractivity contribution is -0.118. The molecular formula is C31H38N8O4. The van der Waals surface area contributed by atoms with Gasteiger partial charge in [-0.25, -0.2) is 15.2 Å². The fraction of sp³-hybridized carbons (Fsp3) is 0.355. The maximum absolute atomic E-state index is 14.1. The second-order valence-corrected chi connectivity index (χ2v) is 10.2. The number of hydrogen-bond donors (Lipinski definition) is 4. The van der Waals surface area contributed by atoms with Gasteiger partial charge in [0.1, 0.15) is 23.0 Å². The lowest BCUT2D eigenvalue weighted by Gasteiger charge is -2.25. The minimum Gasteiger partial charge on any atom is -0.493 e. The molecule has 43 heavy (non-hydrogen) atoms. The second-order valence-electron chi connectivity index (χ2n) is 10.2. The Kier molecular flexibility index (Phi) is 9.57. The van der Waals surface area contributed by atoms with Crippen LogP contribution in [0, 0.1) is 32.1 Å². The SMILES string of the molecule is CCOc1cc2c(cc1OC)-c1cc(=Nc3c(C)cc(C)cc3C)n(CCNC(=O)/C(NNC)=C(/N)C#N)c(=O)n1CC2. The van der Waals surface area contributed by atoms with Crippen LogP contribution in [0.4, 0.5) is 5.69 Å². The van der Waals surface area contributed by atoms with E-state index in [-0.39, 0.29) is 30.2 Å². The number of fused-ring (bicyclic) bond motifs is 3. The fourth-order valence-electron chi connectivity index (χ4n) is 5.33. The molecule has 0 atom stereocenters. The van der Waals surface area contributed by atoms with Gasteiger partial charge in [-0.05, 0) is 62.9 Å². The summed E-state index contributed by atoms with van der Waals surface area (Å²) in [6, 6.07) is 11.7. The van der Waals surface area contributed by atoms with Crippen LogP contribution in [0.25, 0.3) is 11.3 Å². The molecule has 2 aromatic carbocycles. The molecule has 0 bridgehead atoms. The molecule has 0 spiro atoms. The van der Waals surface area contributed by atoms with Crippen molar-refractivity contribution < 1.29 is 14.3 Å². The molecule has 5 N–H and O–H groups in total. The van der Waals surface area contributed by atoms with Gasteiger partial charge in [0.05, 0.1) is 25.1 Å². The maximum atomic E-state index is 14.1. The van der Waals surface area contributed by atoms with Gasteiger partial charge in [-0.3, -0.25) is 13.9 Å². The highest BCUT2D eigenvalue weighted by molar-refractivity contribution is 5.94. The summed E-state index contributed by atoms with van der Waals surface area (Å²) in [5, 5.41) is 11.9. The van der Waals surface area contributed by atoms with Crippen molar-refractivity contribution in [3.05, 3.63) is 80.0 Å². The third-order valence-corrected chi connectivity index (χ3v) is 7.21. The van der Waals surface area contributed by atoms with E-state index in [9.17, 15) is 9.59 Å². The van der Waals surface area contributed by atoms with E-state index in [1.807, 2.05) is 45.9 Å². The number of allylic oxidation sites excluding steroid dienone is 1. The standard InChI is InChI=1S/C31H38N8O4/c1-7-43-26-14-21-8-10-38-24(22(21)15-25(26)42-6)16-27(36-28-19(3)12-18(2)13-20(28)4)39(31(38)41)11-9-35-30(40)29(37-34-5)23(33)17-32/h12-16,34,37H,7-11,33H2,1-6H3,(H,35,40)/b29-23-,36-27?. The van der Waals surface area contributed by atoms with E-state index in [2.05, 4.69) is 28.3 Å². The van der Waals surface area contributed by atoms with Gasteiger partial charge in [0, 0.05) is 38.3 Å². The zero-order valence-corrected chi connectivity index (χ0v) is 25.4. The largest absolute Gasteiger partial charge is 0.493 e. The molecule has 0 unspecified atom stereocenters. The molecule has 12 nitrogen and oxygen atoms in total. The quantitative estimate of drug-likeness (QED) is 0.159. The number of hydrogen-bond acceptors (Lipinski definition) is 9. The number of rotatable bonds is 10. The third kappa shape index (κ3) is 6.42. The highest BCUT2D eigenvalue weighted by Gasteiger charge is 2.23. The summed E-state index contributed by atoms with van der Waals surface area (Å²) >= 11 is 0. The molecule has 1 aliphatic heterocycles. The molecule has 0 radical (unpaired) electrons. The summed E-state index contributed by atoms with van der Waals surface area (Å²) in [6.45, 7) is 9.12. The van der Waals surface area contributed by atoms with Crippen LogP contribution < -0.4 is 42.6 Å². The molecule has 12 heteroatoms. The molecule has 0 saturated heterocycles. The Morgan fingerprint density at radius 3 is 2.49 bits per heavy atom. The molecule has 0 saturated carbocycles. The zero-order valence-electron chi connectivity index (χ0n) is 25.4. The highest BCUT2D eigenvalue weighted by Crippen LogP contribution is 2.37. The van der Waals surface area contributed by atoms with E-state index in [1.165, 1.54) is 0 Å². The Morgan fingerprint density at radius 1 is 1.14 bits per heavy atom. The van der Waals surface area contributed by atoms with Crippen LogP contribution in [-0.2, 0) is 24.3 Å². The van der Waals surface area contributed by atoms with E-state index in [1.54, 1.807) is 29.4 Å². The third-order valence-electron chi connectivity index (χ3n) is 7.21. The van der Waals surface area contributed by atoms with Crippen molar-refractivity contribution in [2.75, 3.05) is 27.3 Å². The molecule has 0 aliphatic carbocycles. The van der Waals surface area contributed by atoms with Crippen molar-refractivity contribution in [1.82, 2.24) is 25.3 Å². The van der Waals surface area contributed by atoms with Crippen molar-refractivity contribution in [2.45, 2.75) is 47.2 Å². The first-order valence-corrected chi connectivity index (χ1v) is 14.1. The normalized spacial score (nSPS) is 12.9. The van der Waals surface area contributed by atoms with Crippen LogP contribution in [-0.4, -0.2) is 42.4 Å². The lowest BCUT2D eigenvalue weighted by atomic mass is 9.97. The van der Waals surface area contributed by atoms with Crippen LogP contribution in [0.2, 0.25) is 0 Å². The van der Waals surface area contributed by atoms with Gasteiger partial charge in [0.2, 0.25) is 0 Å². The van der Waals surface area contributed by atoms with Crippen molar-refractivity contribution in [2.24, 2.45) is 10.7 Å². The summed E-state index contributed by atoms with van der Waals surface area (Å²) in [5.41, 5.74) is 17.2. The number of hydrazine groups is 1. The number of aromatic nitrogens is 2. The molecular weight excluding hydrogens is 548 g/mol. The van der Waals surface area contributed by atoms with E-state index in [4.69, 9.17) is 25.5 Å². The smallest absolute Gasteiger partial charge is 0.330 e. The van der Waals surface area contributed by atoms with Gasteiger partial charge >= 0.3 is 5.69 Å². The van der Waals surface area contributed by atoms with Gasteiger partial charge in [-0.1, -0.05) is 17.7 Å². The number of nitriles is 1. The first-order valence-electron chi connectivity index (χ1n) is 14.1. The predicted molar refractivity (Wildman–Crippen MR) is 163 cm³/mol. The average molecular weight is 587 g/mol. The lowest BCUT2D eigenvalue weighted by Crippen LogP contribution is -2.45. The molecule has 2 heterocycles. The van der Waals surface area contributed by atoms with Crippen molar-refractivity contribution in [3.8, 4) is 28.8 Å². The summed E-state index contributed by atoms with van der Waals surface area (Å²) < 4.78 is 14.7. The first kappa shape index (κ1) is 30.9. The zero-order chi connectivity index (χ0) is 31.3. The summed E-state index contributed by atoms with van der Waals surface area (Å²) in [4.78, 5) is 31.8. The van der Waals surface area contributed by atoms with E-state index < -0.39 is 5.91 Å². The second kappa shape index (κ2) is 13.3. The molecule has 1 aliphatic rings. The topological polar surface area (TPSA) is 161 Å². The van der Waals surface area contributed by atoms with Crippen molar-refractivity contribution >= 4 is 11.6 Å². The van der Waals surface area contributed by atoms with Gasteiger partial charge in [0.15, 0.2) is 11.5 Å².